The largest absolute Gasteiger partial charge is 0.383 e. The summed E-state index contributed by atoms with van der Waals surface area (Å²) in [5.74, 6) is 0. The Balaban J connectivity index is 2.14. The first-order chi connectivity index (χ1) is 8.75. The van der Waals surface area contributed by atoms with Crippen LogP contribution in [0.1, 0.15) is 21.4 Å². The third kappa shape index (κ3) is 1.92. The molecule has 0 aliphatic heterocycles. The summed E-state index contributed by atoms with van der Waals surface area (Å²) in [5.41, 5.74) is 0.870. The standard InChI is InChI=1S/C15H13NOS/c1-10-6-7-14(18-10)15(17)13-9-16-8-11-4-2-3-5-12(11)13/h2-9,15,17H,1H3. The highest BCUT2D eigenvalue weighted by atomic mass is 32.1. The lowest BCUT2D eigenvalue weighted by Gasteiger charge is -2.11. The van der Waals surface area contributed by atoms with Gasteiger partial charge in [0.15, 0.2) is 0 Å². The Morgan fingerprint density at radius 1 is 1.11 bits per heavy atom. The molecule has 18 heavy (non-hydrogen) atoms. The van der Waals surface area contributed by atoms with Crippen molar-refractivity contribution in [2.24, 2.45) is 0 Å². The molecule has 3 rings (SSSR count). The number of hydrogen-bond donors (Lipinski definition) is 1. The van der Waals surface area contributed by atoms with Crippen LogP contribution in [0, 0.1) is 6.92 Å². The zero-order valence-electron chi connectivity index (χ0n) is 10.00. The van der Waals surface area contributed by atoms with Crippen molar-refractivity contribution in [1.82, 2.24) is 4.98 Å². The Labute approximate surface area is 110 Å². The zero-order valence-corrected chi connectivity index (χ0v) is 10.8. The number of aliphatic hydroxyl groups excluding tert-OH is 1. The van der Waals surface area contributed by atoms with Gasteiger partial charge >= 0.3 is 0 Å². The summed E-state index contributed by atoms with van der Waals surface area (Å²) < 4.78 is 0. The van der Waals surface area contributed by atoms with Crippen LogP contribution >= 0.6 is 11.3 Å². The first kappa shape index (κ1) is 11.4. The van der Waals surface area contributed by atoms with Gasteiger partial charge < -0.3 is 5.11 Å². The highest BCUT2D eigenvalue weighted by Gasteiger charge is 2.15. The van der Waals surface area contributed by atoms with Gasteiger partial charge in [0.25, 0.3) is 0 Å². The number of nitrogens with zero attached hydrogens (tertiary/aromatic N) is 1. The van der Waals surface area contributed by atoms with E-state index in [4.69, 9.17) is 0 Å². The van der Waals surface area contributed by atoms with Crippen LogP contribution in [0.5, 0.6) is 0 Å². The zero-order chi connectivity index (χ0) is 12.5. The molecule has 2 nitrogen and oxygen atoms in total. The SMILES string of the molecule is Cc1ccc(C(O)c2cncc3ccccc23)s1. The van der Waals surface area contributed by atoms with Crippen LogP contribution in [0.4, 0.5) is 0 Å². The van der Waals surface area contributed by atoms with Gasteiger partial charge in [0.2, 0.25) is 0 Å². The molecule has 1 N–H and O–H groups in total. The Morgan fingerprint density at radius 2 is 1.94 bits per heavy atom. The van der Waals surface area contributed by atoms with Gasteiger partial charge in [0.05, 0.1) is 0 Å². The van der Waals surface area contributed by atoms with Gasteiger partial charge in [-0.1, -0.05) is 24.3 Å². The van der Waals surface area contributed by atoms with Crippen molar-refractivity contribution in [3.05, 3.63) is 64.1 Å². The van der Waals surface area contributed by atoms with E-state index in [1.54, 1.807) is 17.5 Å². The number of thiophene rings is 1. The molecular formula is C15H13NOS. The highest BCUT2D eigenvalue weighted by Crippen LogP contribution is 2.31. The second-order valence-electron chi connectivity index (χ2n) is 4.30. The molecule has 0 aliphatic carbocycles. The van der Waals surface area contributed by atoms with E-state index in [0.717, 1.165) is 21.2 Å². The fourth-order valence-electron chi connectivity index (χ4n) is 2.11. The maximum Gasteiger partial charge on any atom is 0.115 e. The normalized spacial score (nSPS) is 12.8. The average Bonchev–Trinajstić information content (AvgIpc) is 2.84. The second kappa shape index (κ2) is 4.52. The summed E-state index contributed by atoms with van der Waals surface area (Å²) in [6.45, 7) is 2.04. The second-order valence-corrected chi connectivity index (χ2v) is 5.62. The van der Waals surface area contributed by atoms with Crippen LogP contribution in [-0.2, 0) is 0 Å². The van der Waals surface area contributed by atoms with Gasteiger partial charge in [-0.25, -0.2) is 0 Å². The molecule has 3 heteroatoms. The molecule has 2 aromatic heterocycles. The van der Waals surface area contributed by atoms with Crippen molar-refractivity contribution < 1.29 is 5.11 Å². The fourth-order valence-corrected chi connectivity index (χ4v) is 2.99. The van der Waals surface area contributed by atoms with Crippen LogP contribution in [0.3, 0.4) is 0 Å². The Bertz CT molecular complexity index is 684. The molecule has 1 atom stereocenters. The Kier molecular flexibility index (Phi) is 2.86. The molecular weight excluding hydrogens is 242 g/mol. The van der Waals surface area contributed by atoms with Crippen LogP contribution < -0.4 is 0 Å². The third-order valence-electron chi connectivity index (χ3n) is 3.02. The van der Waals surface area contributed by atoms with Crippen molar-refractivity contribution in [3.8, 4) is 0 Å². The Morgan fingerprint density at radius 3 is 2.72 bits per heavy atom. The van der Waals surface area contributed by atoms with E-state index >= 15 is 0 Å². The highest BCUT2D eigenvalue weighted by molar-refractivity contribution is 7.12. The first-order valence-corrected chi connectivity index (χ1v) is 6.64. The molecule has 0 radical (unpaired) electrons. The van der Waals surface area contributed by atoms with E-state index in [1.807, 2.05) is 49.5 Å². The van der Waals surface area contributed by atoms with Gasteiger partial charge in [-0.05, 0) is 24.4 Å². The van der Waals surface area contributed by atoms with Crippen molar-refractivity contribution in [3.63, 3.8) is 0 Å². The molecule has 0 saturated carbocycles. The minimum absolute atomic E-state index is 0.595. The minimum Gasteiger partial charge on any atom is -0.383 e. The number of aryl methyl sites for hydroxylation is 1. The predicted molar refractivity (Wildman–Crippen MR) is 74.9 cm³/mol. The number of fused-ring (bicyclic) bond motifs is 1. The van der Waals surface area contributed by atoms with E-state index in [2.05, 4.69) is 4.98 Å². The quantitative estimate of drug-likeness (QED) is 0.757. The van der Waals surface area contributed by atoms with E-state index < -0.39 is 6.10 Å². The molecule has 1 aromatic carbocycles. The summed E-state index contributed by atoms with van der Waals surface area (Å²) in [6, 6.07) is 12.0. The third-order valence-corrected chi connectivity index (χ3v) is 4.08. The number of benzene rings is 1. The number of aliphatic hydroxyl groups is 1. The average molecular weight is 255 g/mol. The van der Waals surface area contributed by atoms with Gasteiger partial charge in [0.1, 0.15) is 6.10 Å². The predicted octanol–water partition coefficient (Wildman–Crippen LogP) is 3.69. The molecule has 0 saturated heterocycles. The fraction of sp³-hybridized carbons (Fsp3) is 0.133. The van der Waals surface area contributed by atoms with Crippen LogP contribution in [0.2, 0.25) is 0 Å². The molecule has 90 valence electrons. The molecule has 3 aromatic rings. The van der Waals surface area contributed by atoms with Gasteiger partial charge in [0, 0.05) is 33.1 Å². The summed E-state index contributed by atoms with van der Waals surface area (Å²) in [5, 5.41) is 12.6. The van der Waals surface area contributed by atoms with Crippen molar-refractivity contribution in [2.75, 3.05) is 0 Å². The first-order valence-electron chi connectivity index (χ1n) is 5.83. The lowest BCUT2D eigenvalue weighted by Crippen LogP contribution is -1.98. The lowest BCUT2D eigenvalue weighted by atomic mass is 10.0. The van der Waals surface area contributed by atoms with Gasteiger partial charge in [-0.3, -0.25) is 4.98 Å². The van der Waals surface area contributed by atoms with Gasteiger partial charge in [-0.15, -0.1) is 11.3 Å². The summed E-state index contributed by atoms with van der Waals surface area (Å²) in [4.78, 5) is 6.38. The molecule has 2 heterocycles. The summed E-state index contributed by atoms with van der Waals surface area (Å²) >= 11 is 1.62. The number of pyridine rings is 1. The van der Waals surface area contributed by atoms with E-state index in [1.165, 1.54) is 4.88 Å². The maximum atomic E-state index is 10.5. The van der Waals surface area contributed by atoms with Crippen molar-refractivity contribution in [2.45, 2.75) is 13.0 Å². The van der Waals surface area contributed by atoms with Crippen LogP contribution in [0.15, 0.2) is 48.8 Å². The van der Waals surface area contributed by atoms with Crippen molar-refractivity contribution >= 4 is 22.1 Å². The molecule has 0 bridgehead atoms. The van der Waals surface area contributed by atoms with E-state index in [9.17, 15) is 5.11 Å². The van der Waals surface area contributed by atoms with Gasteiger partial charge in [-0.2, -0.15) is 0 Å². The topological polar surface area (TPSA) is 33.1 Å². The Hall–Kier alpha value is -1.71. The molecule has 0 amide bonds. The van der Waals surface area contributed by atoms with E-state index in [-0.39, 0.29) is 0 Å². The molecule has 0 aliphatic rings. The van der Waals surface area contributed by atoms with Crippen molar-refractivity contribution in [1.29, 1.82) is 0 Å². The minimum atomic E-state index is -0.595. The molecule has 0 fully saturated rings. The summed E-state index contributed by atoms with van der Waals surface area (Å²) in [6.07, 6.45) is 2.98. The lowest BCUT2D eigenvalue weighted by molar-refractivity contribution is 0.225. The van der Waals surface area contributed by atoms with Crippen LogP contribution in [-0.4, -0.2) is 10.1 Å². The number of rotatable bonds is 2. The number of hydrogen-bond acceptors (Lipinski definition) is 3. The maximum absolute atomic E-state index is 10.5. The smallest absolute Gasteiger partial charge is 0.115 e. The number of aromatic nitrogens is 1. The summed E-state index contributed by atoms with van der Waals surface area (Å²) in [7, 11) is 0. The van der Waals surface area contributed by atoms with Crippen LogP contribution in [0.25, 0.3) is 10.8 Å². The van der Waals surface area contributed by atoms with E-state index in [0.29, 0.717) is 0 Å². The molecule has 0 spiro atoms. The molecule has 1 unspecified atom stereocenters. The monoisotopic (exact) mass is 255 g/mol.